The summed E-state index contributed by atoms with van der Waals surface area (Å²) in [5, 5.41) is 8.45. The number of alkyl halides is 3. The normalized spacial score (nSPS) is 11.5. The zero-order chi connectivity index (χ0) is 11.8. The predicted octanol–water partition coefficient (Wildman–Crippen LogP) is 3.31. The molecule has 0 atom stereocenters. The SMILES string of the molecule is O=C(O)c1cc(Br)cc(C(F)(F)F)c1F. The summed E-state index contributed by atoms with van der Waals surface area (Å²) in [6, 6.07) is 1.26. The molecule has 0 aliphatic carbocycles. The molecule has 7 heteroatoms. The molecular formula is C8H3BrF4O2. The highest BCUT2D eigenvalue weighted by molar-refractivity contribution is 9.10. The number of hydrogen-bond donors (Lipinski definition) is 1. The van der Waals surface area contributed by atoms with E-state index in [1.165, 1.54) is 0 Å². The molecule has 0 saturated heterocycles. The molecule has 0 fully saturated rings. The minimum absolute atomic E-state index is 0.145. The minimum Gasteiger partial charge on any atom is -0.478 e. The van der Waals surface area contributed by atoms with Gasteiger partial charge in [0.15, 0.2) is 0 Å². The first kappa shape index (κ1) is 12.0. The number of benzene rings is 1. The molecule has 0 aromatic heterocycles. The largest absolute Gasteiger partial charge is 0.478 e. The summed E-state index contributed by atoms with van der Waals surface area (Å²) in [5.41, 5.74) is -2.62. The zero-order valence-corrected chi connectivity index (χ0v) is 8.49. The van der Waals surface area contributed by atoms with Gasteiger partial charge in [0.2, 0.25) is 0 Å². The molecule has 1 aromatic rings. The van der Waals surface area contributed by atoms with Crippen LogP contribution in [0.3, 0.4) is 0 Å². The average molecular weight is 287 g/mol. The first-order valence-corrected chi connectivity index (χ1v) is 4.32. The van der Waals surface area contributed by atoms with E-state index in [0.29, 0.717) is 6.07 Å². The van der Waals surface area contributed by atoms with Crippen molar-refractivity contribution in [2.24, 2.45) is 0 Å². The van der Waals surface area contributed by atoms with Gasteiger partial charge in [0.05, 0.1) is 11.1 Å². The molecular weight excluding hydrogens is 284 g/mol. The van der Waals surface area contributed by atoms with E-state index < -0.39 is 29.1 Å². The van der Waals surface area contributed by atoms with Crippen LogP contribution in [-0.2, 0) is 6.18 Å². The van der Waals surface area contributed by atoms with Crippen LogP contribution in [0.1, 0.15) is 15.9 Å². The summed E-state index contributed by atoms with van der Waals surface area (Å²) >= 11 is 2.68. The van der Waals surface area contributed by atoms with E-state index in [9.17, 15) is 22.4 Å². The van der Waals surface area contributed by atoms with Crippen LogP contribution in [0.25, 0.3) is 0 Å². The molecule has 15 heavy (non-hydrogen) atoms. The van der Waals surface area contributed by atoms with Crippen LogP contribution in [0, 0.1) is 5.82 Å². The highest BCUT2D eigenvalue weighted by Crippen LogP contribution is 2.34. The number of hydrogen-bond acceptors (Lipinski definition) is 1. The van der Waals surface area contributed by atoms with Gasteiger partial charge in [-0.3, -0.25) is 0 Å². The van der Waals surface area contributed by atoms with Crippen LogP contribution in [0.5, 0.6) is 0 Å². The fourth-order valence-corrected chi connectivity index (χ4v) is 1.41. The number of halogens is 5. The molecule has 0 heterocycles. The quantitative estimate of drug-likeness (QED) is 0.805. The zero-order valence-electron chi connectivity index (χ0n) is 6.90. The third-order valence-corrected chi connectivity index (χ3v) is 2.03. The molecule has 82 valence electrons. The molecule has 0 aliphatic rings. The fraction of sp³-hybridized carbons (Fsp3) is 0.125. The lowest BCUT2D eigenvalue weighted by molar-refractivity contribution is -0.140. The number of carboxylic acids is 1. The van der Waals surface area contributed by atoms with Gasteiger partial charge in [-0.2, -0.15) is 13.2 Å². The van der Waals surface area contributed by atoms with Gasteiger partial charge in [-0.15, -0.1) is 0 Å². The van der Waals surface area contributed by atoms with Crippen molar-refractivity contribution >= 4 is 21.9 Å². The van der Waals surface area contributed by atoms with Crippen molar-refractivity contribution in [1.82, 2.24) is 0 Å². The van der Waals surface area contributed by atoms with Crippen LogP contribution in [-0.4, -0.2) is 11.1 Å². The van der Waals surface area contributed by atoms with Gasteiger partial charge in [0.25, 0.3) is 0 Å². The summed E-state index contributed by atoms with van der Waals surface area (Å²) in [4.78, 5) is 10.4. The fourth-order valence-electron chi connectivity index (χ4n) is 0.951. The molecule has 0 aliphatic heterocycles. The van der Waals surface area contributed by atoms with E-state index in [-0.39, 0.29) is 4.47 Å². The second kappa shape index (κ2) is 3.80. The van der Waals surface area contributed by atoms with Crippen LogP contribution in [0.15, 0.2) is 16.6 Å². The molecule has 0 spiro atoms. The lowest BCUT2D eigenvalue weighted by Gasteiger charge is -2.10. The van der Waals surface area contributed by atoms with Crippen molar-refractivity contribution < 1.29 is 27.5 Å². The number of aromatic carboxylic acids is 1. The molecule has 0 saturated carbocycles. The minimum atomic E-state index is -4.92. The van der Waals surface area contributed by atoms with Crippen molar-refractivity contribution in [3.63, 3.8) is 0 Å². The first-order valence-electron chi connectivity index (χ1n) is 3.53. The molecule has 0 unspecified atom stereocenters. The maximum Gasteiger partial charge on any atom is 0.419 e. The van der Waals surface area contributed by atoms with Crippen LogP contribution in [0.2, 0.25) is 0 Å². The number of carbonyl (C=O) groups is 1. The summed E-state index contributed by atoms with van der Waals surface area (Å²) in [7, 11) is 0. The van der Waals surface area contributed by atoms with Gasteiger partial charge in [-0.05, 0) is 12.1 Å². The number of rotatable bonds is 1. The summed E-state index contributed by atoms with van der Waals surface area (Å²) in [5.74, 6) is -3.53. The molecule has 1 N–H and O–H groups in total. The highest BCUT2D eigenvalue weighted by atomic mass is 79.9. The van der Waals surface area contributed by atoms with Gasteiger partial charge >= 0.3 is 12.1 Å². The standard InChI is InChI=1S/C8H3BrF4O2/c9-3-1-4(7(14)15)6(10)5(2-3)8(11,12)13/h1-2H,(H,14,15). The van der Waals surface area contributed by atoms with E-state index in [0.717, 1.165) is 6.07 Å². The summed E-state index contributed by atoms with van der Waals surface area (Å²) in [6.45, 7) is 0. The Balaban J connectivity index is 3.49. The van der Waals surface area contributed by atoms with Crippen molar-refractivity contribution in [3.8, 4) is 0 Å². The van der Waals surface area contributed by atoms with Crippen molar-refractivity contribution in [2.45, 2.75) is 6.18 Å². The van der Waals surface area contributed by atoms with Gasteiger partial charge in [0.1, 0.15) is 5.82 Å². The molecule has 0 radical (unpaired) electrons. The Morgan fingerprint density at radius 1 is 1.33 bits per heavy atom. The smallest absolute Gasteiger partial charge is 0.419 e. The molecule has 2 nitrogen and oxygen atoms in total. The number of carboxylic acid groups (broad SMARTS) is 1. The Hall–Kier alpha value is -1.11. The van der Waals surface area contributed by atoms with E-state index in [1.807, 2.05) is 0 Å². The molecule has 0 amide bonds. The first-order chi connectivity index (χ1) is 6.73. The van der Waals surface area contributed by atoms with Gasteiger partial charge in [0, 0.05) is 4.47 Å². The Bertz CT molecular complexity index is 414. The van der Waals surface area contributed by atoms with Crippen molar-refractivity contribution in [2.75, 3.05) is 0 Å². The van der Waals surface area contributed by atoms with E-state index in [4.69, 9.17) is 5.11 Å². The highest BCUT2D eigenvalue weighted by Gasteiger charge is 2.36. The Labute approximate surface area is 89.6 Å². The molecule has 1 rings (SSSR count). The third-order valence-electron chi connectivity index (χ3n) is 1.57. The Morgan fingerprint density at radius 3 is 2.27 bits per heavy atom. The van der Waals surface area contributed by atoms with Crippen molar-refractivity contribution in [1.29, 1.82) is 0 Å². The topological polar surface area (TPSA) is 37.3 Å². The van der Waals surface area contributed by atoms with Gasteiger partial charge in [-0.1, -0.05) is 15.9 Å². The summed E-state index contributed by atoms with van der Waals surface area (Å²) in [6.07, 6.45) is -4.92. The third kappa shape index (κ3) is 2.47. The summed E-state index contributed by atoms with van der Waals surface area (Å²) < 4.78 is 49.6. The van der Waals surface area contributed by atoms with Gasteiger partial charge < -0.3 is 5.11 Å². The van der Waals surface area contributed by atoms with Crippen LogP contribution >= 0.6 is 15.9 Å². The molecule has 0 bridgehead atoms. The molecule has 1 aromatic carbocycles. The maximum atomic E-state index is 13.1. The monoisotopic (exact) mass is 286 g/mol. The lowest BCUT2D eigenvalue weighted by Crippen LogP contribution is -2.12. The van der Waals surface area contributed by atoms with Crippen molar-refractivity contribution in [3.05, 3.63) is 33.5 Å². The second-order valence-electron chi connectivity index (χ2n) is 2.62. The van der Waals surface area contributed by atoms with Crippen LogP contribution in [0.4, 0.5) is 17.6 Å². The average Bonchev–Trinajstić information content (AvgIpc) is 2.06. The maximum absolute atomic E-state index is 13.1. The predicted molar refractivity (Wildman–Crippen MR) is 46.1 cm³/mol. The van der Waals surface area contributed by atoms with Gasteiger partial charge in [-0.25, -0.2) is 9.18 Å². The van der Waals surface area contributed by atoms with E-state index in [1.54, 1.807) is 0 Å². The second-order valence-corrected chi connectivity index (χ2v) is 3.53. The van der Waals surface area contributed by atoms with E-state index in [2.05, 4.69) is 15.9 Å². The van der Waals surface area contributed by atoms with Crippen LogP contribution < -0.4 is 0 Å². The Kier molecular flexibility index (Phi) is 3.03. The lowest BCUT2D eigenvalue weighted by atomic mass is 10.1. The van der Waals surface area contributed by atoms with E-state index >= 15 is 0 Å². The Morgan fingerprint density at radius 2 is 1.87 bits per heavy atom.